The average Bonchev–Trinajstić information content (AvgIpc) is 3.16. The number of likely N-dealkylation sites (N-methyl/N-ethyl adjacent to an activating group) is 1. The average molecular weight is 383 g/mol. The fraction of sp³-hybridized carbons (Fsp3) is 0.400. The van der Waals surface area contributed by atoms with E-state index in [0.717, 1.165) is 31.5 Å². The van der Waals surface area contributed by atoms with Crippen molar-refractivity contribution in [2.24, 2.45) is 0 Å². The molecule has 0 radical (unpaired) electrons. The van der Waals surface area contributed by atoms with E-state index in [1.54, 1.807) is 29.4 Å². The maximum atomic E-state index is 13.0. The Morgan fingerprint density at radius 3 is 2.64 bits per heavy atom. The van der Waals surface area contributed by atoms with E-state index >= 15 is 0 Å². The zero-order valence-corrected chi connectivity index (χ0v) is 16.0. The van der Waals surface area contributed by atoms with Crippen molar-refractivity contribution >= 4 is 17.4 Å². The molecule has 1 N–H and O–H groups in total. The highest BCUT2D eigenvalue weighted by Crippen LogP contribution is 2.20. The van der Waals surface area contributed by atoms with Crippen LogP contribution in [0.15, 0.2) is 48.8 Å². The Labute approximate surface area is 164 Å². The van der Waals surface area contributed by atoms with E-state index < -0.39 is 4.92 Å². The number of nitro groups is 1. The lowest BCUT2D eigenvalue weighted by molar-refractivity contribution is -0.384. The third-order valence-corrected chi connectivity index (χ3v) is 5.08. The van der Waals surface area contributed by atoms with Gasteiger partial charge in [-0.2, -0.15) is 0 Å². The van der Waals surface area contributed by atoms with E-state index in [1.807, 2.05) is 12.1 Å². The van der Waals surface area contributed by atoms with Crippen molar-refractivity contribution < 1.29 is 9.72 Å². The number of anilines is 1. The van der Waals surface area contributed by atoms with Crippen LogP contribution in [0.2, 0.25) is 0 Å². The van der Waals surface area contributed by atoms with Gasteiger partial charge in [-0.05, 0) is 55.8 Å². The number of nitrogens with zero attached hydrogens (tertiary/aromatic N) is 4. The Hall–Kier alpha value is -3.00. The number of benzene rings is 1. The number of pyridine rings is 1. The molecule has 28 heavy (non-hydrogen) atoms. The van der Waals surface area contributed by atoms with Crippen LogP contribution in [0.3, 0.4) is 0 Å². The maximum Gasteiger partial charge on any atom is 0.322 e. The van der Waals surface area contributed by atoms with Crippen LogP contribution in [-0.4, -0.2) is 51.4 Å². The van der Waals surface area contributed by atoms with E-state index in [-0.39, 0.29) is 11.7 Å². The minimum absolute atomic E-state index is 0.00353. The normalized spacial score (nSPS) is 16.7. The summed E-state index contributed by atoms with van der Waals surface area (Å²) in [6.07, 6.45) is 5.66. The molecular formula is C20H25N5O3. The number of hydrogen-bond donors (Lipinski definition) is 1. The van der Waals surface area contributed by atoms with Crippen molar-refractivity contribution in [3.05, 3.63) is 64.5 Å². The molecule has 0 bridgehead atoms. The van der Waals surface area contributed by atoms with Crippen molar-refractivity contribution in [3.8, 4) is 0 Å². The molecule has 3 rings (SSSR count). The Bertz CT molecular complexity index is 797. The number of rotatable bonds is 7. The highest BCUT2D eigenvalue weighted by atomic mass is 16.6. The van der Waals surface area contributed by atoms with Gasteiger partial charge in [0.2, 0.25) is 0 Å². The molecular weight excluding hydrogens is 358 g/mol. The van der Waals surface area contributed by atoms with Crippen molar-refractivity contribution in [2.75, 3.05) is 25.0 Å². The minimum Gasteiger partial charge on any atom is -0.319 e. The van der Waals surface area contributed by atoms with Crippen LogP contribution in [0, 0.1) is 10.1 Å². The summed E-state index contributed by atoms with van der Waals surface area (Å²) < 4.78 is 0. The van der Waals surface area contributed by atoms with Gasteiger partial charge in [-0.15, -0.1) is 0 Å². The van der Waals surface area contributed by atoms with Crippen LogP contribution in [0.4, 0.5) is 16.2 Å². The number of urea groups is 1. The van der Waals surface area contributed by atoms with Crippen molar-refractivity contribution in [1.29, 1.82) is 0 Å². The lowest BCUT2D eigenvalue weighted by atomic mass is 10.2. The van der Waals surface area contributed by atoms with Crippen molar-refractivity contribution in [1.82, 2.24) is 14.8 Å². The largest absolute Gasteiger partial charge is 0.322 e. The van der Waals surface area contributed by atoms with Gasteiger partial charge >= 0.3 is 6.03 Å². The van der Waals surface area contributed by atoms with Crippen LogP contribution in [0.1, 0.15) is 25.3 Å². The number of aromatic nitrogens is 1. The van der Waals surface area contributed by atoms with Gasteiger partial charge in [0.05, 0.1) is 4.92 Å². The van der Waals surface area contributed by atoms with Crippen LogP contribution >= 0.6 is 0 Å². The molecule has 1 aromatic carbocycles. The Kier molecular flexibility index (Phi) is 6.54. The van der Waals surface area contributed by atoms with Gasteiger partial charge in [0.1, 0.15) is 0 Å². The number of carbonyl (C=O) groups is 1. The second-order valence-corrected chi connectivity index (χ2v) is 6.89. The van der Waals surface area contributed by atoms with Gasteiger partial charge in [0, 0.05) is 49.3 Å². The number of hydrogen-bond acceptors (Lipinski definition) is 5. The molecule has 8 nitrogen and oxygen atoms in total. The highest BCUT2D eigenvalue weighted by Gasteiger charge is 2.27. The summed E-state index contributed by atoms with van der Waals surface area (Å²) in [6.45, 7) is 5.29. The van der Waals surface area contributed by atoms with E-state index in [4.69, 9.17) is 0 Å². The molecule has 1 saturated heterocycles. The second-order valence-electron chi connectivity index (χ2n) is 6.89. The van der Waals surface area contributed by atoms with E-state index in [2.05, 4.69) is 22.1 Å². The molecule has 148 valence electrons. The first-order valence-corrected chi connectivity index (χ1v) is 9.50. The minimum atomic E-state index is -0.458. The van der Waals surface area contributed by atoms with Crippen molar-refractivity contribution in [2.45, 2.75) is 32.4 Å². The van der Waals surface area contributed by atoms with Gasteiger partial charge in [-0.1, -0.05) is 6.92 Å². The number of amides is 2. The molecule has 0 unspecified atom stereocenters. The van der Waals surface area contributed by atoms with Gasteiger partial charge in [0.25, 0.3) is 5.69 Å². The fourth-order valence-electron chi connectivity index (χ4n) is 3.57. The quantitative estimate of drug-likeness (QED) is 0.583. The number of likely N-dealkylation sites (tertiary alicyclic amines) is 1. The molecule has 2 aromatic rings. The van der Waals surface area contributed by atoms with E-state index in [0.29, 0.717) is 24.8 Å². The molecule has 1 fully saturated rings. The number of nitro benzene ring substituents is 1. The summed E-state index contributed by atoms with van der Waals surface area (Å²) in [5.74, 6) is 0. The molecule has 1 aliphatic rings. The van der Waals surface area contributed by atoms with E-state index in [1.165, 1.54) is 12.1 Å². The zero-order valence-electron chi connectivity index (χ0n) is 16.0. The number of non-ortho nitro benzene ring substituents is 1. The maximum absolute atomic E-state index is 13.0. The molecule has 1 aliphatic heterocycles. The summed E-state index contributed by atoms with van der Waals surface area (Å²) >= 11 is 0. The first-order valence-electron chi connectivity index (χ1n) is 9.50. The molecule has 0 saturated carbocycles. The number of carbonyl (C=O) groups excluding carboxylic acids is 1. The summed E-state index contributed by atoms with van der Waals surface area (Å²) in [5, 5.41) is 13.7. The van der Waals surface area contributed by atoms with Gasteiger partial charge in [-0.3, -0.25) is 20.0 Å². The van der Waals surface area contributed by atoms with Crippen LogP contribution in [-0.2, 0) is 6.54 Å². The standard InChI is InChI=1S/C20H25N5O3/c1-2-23-13-3-4-19(23)15-24(14-16-9-11-21-12-10-16)20(26)22-17-5-7-18(8-6-17)25(27)28/h5-12,19H,2-4,13-15H2,1H3,(H,22,26)/t19-/m0/s1. The summed E-state index contributed by atoms with van der Waals surface area (Å²) in [6, 6.07) is 9.81. The third kappa shape index (κ3) is 5.04. The molecule has 2 heterocycles. The fourth-order valence-corrected chi connectivity index (χ4v) is 3.57. The molecule has 0 aliphatic carbocycles. The lowest BCUT2D eigenvalue weighted by Gasteiger charge is -2.30. The Balaban J connectivity index is 1.72. The number of nitrogens with one attached hydrogen (secondary N) is 1. The smallest absolute Gasteiger partial charge is 0.319 e. The first kappa shape index (κ1) is 19.8. The Morgan fingerprint density at radius 2 is 2.00 bits per heavy atom. The molecule has 1 aromatic heterocycles. The lowest BCUT2D eigenvalue weighted by Crippen LogP contribution is -2.44. The predicted molar refractivity (Wildman–Crippen MR) is 107 cm³/mol. The summed E-state index contributed by atoms with van der Waals surface area (Å²) in [7, 11) is 0. The van der Waals surface area contributed by atoms with Crippen LogP contribution < -0.4 is 5.32 Å². The van der Waals surface area contributed by atoms with Crippen LogP contribution in [0.5, 0.6) is 0 Å². The van der Waals surface area contributed by atoms with Gasteiger partial charge < -0.3 is 10.2 Å². The third-order valence-electron chi connectivity index (χ3n) is 5.08. The first-order chi connectivity index (χ1) is 13.6. The highest BCUT2D eigenvalue weighted by molar-refractivity contribution is 5.89. The second kappa shape index (κ2) is 9.27. The van der Waals surface area contributed by atoms with Crippen molar-refractivity contribution in [3.63, 3.8) is 0 Å². The SMILES string of the molecule is CCN1CCC[C@H]1CN(Cc1ccncc1)C(=O)Nc1ccc([N+](=O)[O-])cc1. The topological polar surface area (TPSA) is 91.6 Å². The summed E-state index contributed by atoms with van der Waals surface area (Å²) in [5.41, 5.74) is 1.54. The predicted octanol–water partition coefficient (Wildman–Crippen LogP) is 3.51. The Morgan fingerprint density at radius 1 is 1.29 bits per heavy atom. The van der Waals surface area contributed by atoms with Gasteiger partial charge in [-0.25, -0.2) is 4.79 Å². The monoisotopic (exact) mass is 383 g/mol. The molecule has 8 heteroatoms. The van der Waals surface area contributed by atoms with Gasteiger partial charge in [0.15, 0.2) is 0 Å². The molecule has 2 amide bonds. The summed E-state index contributed by atoms with van der Waals surface area (Å²) in [4.78, 5) is 31.5. The zero-order chi connectivity index (χ0) is 19.9. The molecule has 1 atom stereocenters. The van der Waals surface area contributed by atoms with E-state index in [9.17, 15) is 14.9 Å². The molecule has 0 spiro atoms. The van der Waals surface area contributed by atoms with Crippen LogP contribution in [0.25, 0.3) is 0 Å².